The van der Waals surface area contributed by atoms with Gasteiger partial charge in [-0.05, 0) is 34.6 Å². The molecule has 1 heterocycles. The molecule has 0 N–H and O–H groups in total. The number of aromatic nitrogens is 1. The summed E-state index contributed by atoms with van der Waals surface area (Å²) in [6.45, 7) is 9.24. The Morgan fingerprint density at radius 2 is 1.68 bits per heavy atom. The second-order valence-corrected chi connectivity index (χ2v) is 6.03. The summed E-state index contributed by atoms with van der Waals surface area (Å²) in [5.74, 6) is 0.609. The van der Waals surface area contributed by atoms with Crippen molar-refractivity contribution in [2.45, 2.75) is 39.5 Å². The van der Waals surface area contributed by atoms with Crippen molar-refractivity contribution in [3.8, 4) is 0 Å². The Morgan fingerprint density at radius 3 is 2.32 bits per heavy atom. The third kappa shape index (κ3) is 3.04. The van der Waals surface area contributed by atoms with Gasteiger partial charge in [0.1, 0.15) is 0 Å². The lowest BCUT2D eigenvalue weighted by atomic mass is 9.73. The lowest BCUT2D eigenvalue weighted by Crippen LogP contribution is -2.26. The van der Waals surface area contributed by atoms with E-state index in [-0.39, 0.29) is 5.41 Å². The predicted molar refractivity (Wildman–Crippen MR) is 81.3 cm³/mol. The summed E-state index contributed by atoms with van der Waals surface area (Å²) in [5, 5.41) is 0. The molecule has 2 rings (SSSR count). The predicted octanol–water partition coefficient (Wildman–Crippen LogP) is 4.61. The van der Waals surface area contributed by atoms with E-state index in [9.17, 15) is 0 Å². The molecule has 1 nitrogen and oxygen atoms in total. The van der Waals surface area contributed by atoms with Crippen LogP contribution in [0.25, 0.3) is 0 Å². The molecule has 0 bridgehead atoms. The Balaban J connectivity index is 2.37. The van der Waals surface area contributed by atoms with Gasteiger partial charge in [0.15, 0.2) is 0 Å². The number of benzene rings is 1. The zero-order valence-corrected chi connectivity index (χ0v) is 12.4. The maximum atomic E-state index is 4.44. The van der Waals surface area contributed by atoms with E-state index >= 15 is 0 Å². The van der Waals surface area contributed by atoms with Crippen LogP contribution in [0.2, 0.25) is 0 Å². The zero-order valence-electron chi connectivity index (χ0n) is 12.4. The molecule has 1 heteroatoms. The normalized spacial score (nSPS) is 11.8. The van der Waals surface area contributed by atoms with Gasteiger partial charge in [-0.15, -0.1) is 0 Å². The molecule has 0 aliphatic carbocycles. The van der Waals surface area contributed by atoms with Gasteiger partial charge in [0.05, 0.1) is 0 Å². The first-order chi connectivity index (χ1) is 9.01. The van der Waals surface area contributed by atoms with Gasteiger partial charge in [0, 0.05) is 18.3 Å². The third-order valence-electron chi connectivity index (χ3n) is 4.25. The number of hydrogen-bond donors (Lipinski definition) is 0. The molecule has 0 saturated heterocycles. The first-order valence-corrected chi connectivity index (χ1v) is 7.00. The average molecular weight is 253 g/mol. The molecule has 2 aromatic rings. The highest BCUT2D eigenvalue weighted by atomic mass is 14.7. The van der Waals surface area contributed by atoms with Crippen molar-refractivity contribution in [1.29, 1.82) is 0 Å². The maximum absolute atomic E-state index is 4.44. The third-order valence-corrected chi connectivity index (χ3v) is 4.25. The van der Waals surface area contributed by atoms with E-state index < -0.39 is 0 Å². The van der Waals surface area contributed by atoms with Crippen molar-refractivity contribution < 1.29 is 0 Å². The van der Waals surface area contributed by atoms with E-state index in [0.29, 0.717) is 5.92 Å². The van der Waals surface area contributed by atoms with Crippen molar-refractivity contribution in [2.75, 3.05) is 0 Å². The Morgan fingerprint density at radius 1 is 1.00 bits per heavy atom. The van der Waals surface area contributed by atoms with Crippen LogP contribution in [0.4, 0.5) is 0 Å². The van der Waals surface area contributed by atoms with Gasteiger partial charge in [-0.1, -0.05) is 58.0 Å². The van der Waals surface area contributed by atoms with E-state index in [4.69, 9.17) is 0 Å². The van der Waals surface area contributed by atoms with Crippen LogP contribution >= 0.6 is 0 Å². The highest BCUT2D eigenvalue weighted by molar-refractivity contribution is 5.36. The van der Waals surface area contributed by atoms with E-state index in [0.717, 1.165) is 12.1 Å². The minimum atomic E-state index is 0.186. The molecule has 0 aliphatic heterocycles. The molecule has 1 aromatic carbocycles. The molecule has 0 atom stereocenters. The lowest BCUT2D eigenvalue weighted by Gasteiger charge is -2.32. The van der Waals surface area contributed by atoms with Crippen molar-refractivity contribution in [3.63, 3.8) is 0 Å². The first kappa shape index (κ1) is 13.8. The summed E-state index contributed by atoms with van der Waals surface area (Å²) in [7, 11) is 0. The second-order valence-electron chi connectivity index (χ2n) is 6.03. The van der Waals surface area contributed by atoms with Crippen LogP contribution in [0.3, 0.4) is 0 Å². The quantitative estimate of drug-likeness (QED) is 0.775. The van der Waals surface area contributed by atoms with Crippen molar-refractivity contribution in [3.05, 3.63) is 65.5 Å². The summed E-state index contributed by atoms with van der Waals surface area (Å²) < 4.78 is 0. The fourth-order valence-corrected chi connectivity index (χ4v) is 2.31. The number of pyridine rings is 1. The average Bonchev–Trinajstić information content (AvgIpc) is 2.40. The van der Waals surface area contributed by atoms with Gasteiger partial charge in [-0.25, -0.2) is 0 Å². The van der Waals surface area contributed by atoms with Crippen LogP contribution in [-0.2, 0) is 11.8 Å². The summed E-state index contributed by atoms with van der Waals surface area (Å²) in [6.07, 6.45) is 2.78. The van der Waals surface area contributed by atoms with Gasteiger partial charge in [0.25, 0.3) is 0 Å². The number of hydrogen-bond acceptors (Lipinski definition) is 1. The molecular formula is C18H23N. The van der Waals surface area contributed by atoms with Gasteiger partial charge < -0.3 is 0 Å². The molecule has 0 aliphatic rings. The van der Waals surface area contributed by atoms with Crippen LogP contribution < -0.4 is 0 Å². The second kappa shape index (κ2) is 5.56. The van der Waals surface area contributed by atoms with E-state index in [2.05, 4.69) is 69.1 Å². The van der Waals surface area contributed by atoms with Crippen LogP contribution in [0, 0.1) is 5.92 Å². The fraction of sp³-hybridized carbons (Fsp3) is 0.389. The monoisotopic (exact) mass is 253 g/mol. The Bertz CT molecular complexity index is 526. The Hall–Kier alpha value is -1.63. The minimum Gasteiger partial charge on any atom is -0.261 e. The molecule has 19 heavy (non-hydrogen) atoms. The largest absolute Gasteiger partial charge is 0.261 e. The van der Waals surface area contributed by atoms with Crippen LogP contribution in [0.5, 0.6) is 0 Å². The molecule has 100 valence electrons. The van der Waals surface area contributed by atoms with Gasteiger partial charge >= 0.3 is 0 Å². The SMILES string of the molecule is CC(C)C(C)(C)c1ccccc1Cc1ccccn1. The molecular weight excluding hydrogens is 230 g/mol. The molecule has 0 spiro atoms. The summed E-state index contributed by atoms with van der Waals surface area (Å²) in [4.78, 5) is 4.44. The molecule has 0 radical (unpaired) electrons. The number of rotatable bonds is 4. The molecule has 0 amide bonds. The standard InChI is InChI=1S/C18H23N/c1-14(2)18(3,4)17-11-6-5-9-15(17)13-16-10-7-8-12-19-16/h5-12,14H,13H2,1-4H3. The molecule has 0 unspecified atom stereocenters. The smallest absolute Gasteiger partial charge is 0.0447 e. The highest BCUT2D eigenvalue weighted by Gasteiger charge is 2.26. The number of nitrogens with zero attached hydrogens (tertiary/aromatic N) is 1. The van der Waals surface area contributed by atoms with Crippen molar-refractivity contribution >= 4 is 0 Å². The van der Waals surface area contributed by atoms with Crippen LogP contribution in [0.15, 0.2) is 48.7 Å². The molecule has 0 fully saturated rings. The van der Waals surface area contributed by atoms with Crippen molar-refractivity contribution in [1.82, 2.24) is 4.98 Å². The highest BCUT2D eigenvalue weighted by Crippen LogP contribution is 2.34. The Labute approximate surface area is 116 Å². The van der Waals surface area contributed by atoms with E-state index in [1.54, 1.807) is 0 Å². The van der Waals surface area contributed by atoms with Crippen molar-refractivity contribution in [2.24, 2.45) is 5.92 Å². The van der Waals surface area contributed by atoms with Gasteiger partial charge in [-0.3, -0.25) is 4.98 Å². The molecule has 0 saturated carbocycles. The van der Waals surface area contributed by atoms with Crippen LogP contribution in [-0.4, -0.2) is 4.98 Å². The summed E-state index contributed by atoms with van der Waals surface area (Å²) >= 11 is 0. The maximum Gasteiger partial charge on any atom is 0.0447 e. The lowest BCUT2D eigenvalue weighted by molar-refractivity contribution is 0.370. The zero-order chi connectivity index (χ0) is 13.9. The Kier molecular flexibility index (Phi) is 4.04. The summed E-state index contributed by atoms with van der Waals surface area (Å²) in [6, 6.07) is 14.9. The van der Waals surface area contributed by atoms with E-state index in [1.165, 1.54) is 11.1 Å². The van der Waals surface area contributed by atoms with E-state index in [1.807, 2.05) is 12.3 Å². The van der Waals surface area contributed by atoms with Gasteiger partial charge in [-0.2, -0.15) is 0 Å². The van der Waals surface area contributed by atoms with Gasteiger partial charge in [0.2, 0.25) is 0 Å². The minimum absolute atomic E-state index is 0.186. The van der Waals surface area contributed by atoms with Crippen LogP contribution in [0.1, 0.15) is 44.5 Å². The molecule has 1 aromatic heterocycles. The summed E-state index contributed by atoms with van der Waals surface area (Å²) in [5.41, 5.74) is 4.15. The first-order valence-electron chi connectivity index (χ1n) is 7.00. The fourth-order valence-electron chi connectivity index (χ4n) is 2.31. The topological polar surface area (TPSA) is 12.9 Å².